The molecule has 0 bridgehead atoms. The van der Waals surface area contributed by atoms with E-state index >= 15 is 0 Å². The van der Waals surface area contributed by atoms with Gasteiger partial charge in [0.05, 0.1) is 5.70 Å². The molecule has 0 saturated carbocycles. The van der Waals surface area contributed by atoms with Gasteiger partial charge in [-0.3, -0.25) is 9.98 Å². The molecule has 0 atom stereocenters. The zero-order chi connectivity index (χ0) is 9.26. The van der Waals surface area contributed by atoms with Crippen molar-refractivity contribution in [2.75, 3.05) is 0 Å². The molecule has 1 aliphatic rings. The fourth-order valence-corrected chi connectivity index (χ4v) is 1.61. The molecule has 13 heavy (non-hydrogen) atoms. The molecule has 1 aromatic heterocycles. The SMILES string of the molecule is CC1=NC(c2cccnc2)=C(C)C1. The Bertz CT molecular complexity index is 374. The Kier molecular flexibility index (Phi) is 1.97. The fraction of sp³-hybridized carbons (Fsp3) is 0.273. The lowest BCUT2D eigenvalue weighted by Crippen LogP contribution is -1.82. The van der Waals surface area contributed by atoms with E-state index in [4.69, 9.17) is 0 Å². The van der Waals surface area contributed by atoms with E-state index in [9.17, 15) is 0 Å². The lowest BCUT2D eigenvalue weighted by atomic mass is 10.1. The molecule has 0 aromatic carbocycles. The predicted molar refractivity (Wildman–Crippen MR) is 54.6 cm³/mol. The monoisotopic (exact) mass is 172 g/mol. The molecule has 66 valence electrons. The van der Waals surface area contributed by atoms with E-state index < -0.39 is 0 Å². The molecule has 1 aliphatic heterocycles. The predicted octanol–water partition coefficient (Wildman–Crippen LogP) is 2.68. The summed E-state index contributed by atoms with van der Waals surface area (Å²) >= 11 is 0. The van der Waals surface area contributed by atoms with Crippen molar-refractivity contribution in [1.29, 1.82) is 0 Å². The zero-order valence-corrected chi connectivity index (χ0v) is 7.91. The van der Waals surface area contributed by atoms with E-state index in [0.29, 0.717) is 0 Å². The van der Waals surface area contributed by atoms with Crippen LogP contribution in [0.5, 0.6) is 0 Å². The van der Waals surface area contributed by atoms with Crippen molar-refractivity contribution in [2.45, 2.75) is 20.3 Å². The second-order valence-corrected chi connectivity index (χ2v) is 3.39. The maximum absolute atomic E-state index is 4.50. The first kappa shape index (κ1) is 8.17. The van der Waals surface area contributed by atoms with Crippen LogP contribution in [0.1, 0.15) is 25.8 Å². The first-order valence-corrected chi connectivity index (χ1v) is 4.41. The lowest BCUT2D eigenvalue weighted by Gasteiger charge is -1.99. The Morgan fingerprint density at radius 1 is 1.31 bits per heavy atom. The number of aromatic nitrogens is 1. The average Bonchev–Trinajstić information content (AvgIpc) is 2.47. The van der Waals surface area contributed by atoms with Crippen molar-refractivity contribution in [1.82, 2.24) is 4.98 Å². The third-order valence-electron chi connectivity index (χ3n) is 2.16. The molecule has 0 N–H and O–H groups in total. The van der Waals surface area contributed by atoms with Gasteiger partial charge in [0.25, 0.3) is 0 Å². The summed E-state index contributed by atoms with van der Waals surface area (Å²) in [5, 5.41) is 0. The summed E-state index contributed by atoms with van der Waals surface area (Å²) < 4.78 is 0. The van der Waals surface area contributed by atoms with Crippen molar-refractivity contribution >= 4 is 11.4 Å². The number of pyridine rings is 1. The molecular formula is C11H12N2. The number of aliphatic imine (C=N–C) groups is 1. The molecule has 2 heteroatoms. The molecular weight excluding hydrogens is 160 g/mol. The minimum Gasteiger partial charge on any atom is -0.264 e. The van der Waals surface area contributed by atoms with Gasteiger partial charge in [-0.25, -0.2) is 0 Å². The molecule has 0 aliphatic carbocycles. The normalized spacial score (nSPS) is 16.3. The van der Waals surface area contributed by atoms with E-state index in [1.54, 1.807) is 6.20 Å². The number of allylic oxidation sites excluding steroid dienone is 1. The molecule has 2 rings (SSSR count). The summed E-state index contributed by atoms with van der Waals surface area (Å²) in [6, 6.07) is 3.99. The van der Waals surface area contributed by atoms with Gasteiger partial charge in [-0.2, -0.15) is 0 Å². The van der Waals surface area contributed by atoms with E-state index in [1.165, 1.54) is 11.3 Å². The van der Waals surface area contributed by atoms with Crippen LogP contribution in [-0.4, -0.2) is 10.7 Å². The van der Waals surface area contributed by atoms with E-state index in [2.05, 4.69) is 23.8 Å². The molecule has 1 aromatic rings. The van der Waals surface area contributed by atoms with Crippen LogP contribution < -0.4 is 0 Å². The third kappa shape index (κ3) is 1.52. The van der Waals surface area contributed by atoms with Crippen molar-refractivity contribution in [2.24, 2.45) is 4.99 Å². The van der Waals surface area contributed by atoms with Gasteiger partial charge in [0, 0.05) is 30.1 Å². The molecule has 0 amide bonds. The average molecular weight is 172 g/mol. The Hall–Kier alpha value is -1.44. The lowest BCUT2D eigenvalue weighted by molar-refractivity contribution is 1.27. The summed E-state index contributed by atoms with van der Waals surface area (Å²) in [5.74, 6) is 0. The van der Waals surface area contributed by atoms with Gasteiger partial charge in [-0.1, -0.05) is 0 Å². The summed E-state index contributed by atoms with van der Waals surface area (Å²) in [4.78, 5) is 8.58. The van der Waals surface area contributed by atoms with Gasteiger partial charge < -0.3 is 0 Å². The van der Waals surface area contributed by atoms with E-state index in [1.807, 2.05) is 18.3 Å². The minimum atomic E-state index is 1.00. The highest BCUT2D eigenvalue weighted by Gasteiger charge is 2.12. The number of rotatable bonds is 1. The van der Waals surface area contributed by atoms with Gasteiger partial charge in [-0.05, 0) is 31.6 Å². The summed E-state index contributed by atoms with van der Waals surface area (Å²) in [7, 11) is 0. The van der Waals surface area contributed by atoms with Crippen LogP contribution >= 0.6 is 0 Å². The first-order chi connectivity index (χ1) is 6.27. The molecule has 0 unspecified atom stereocenters. The molecule has 0 radical (unpaired) electrons. The Balaban J connectivity index is 2.43. The molecule has 0 saturated heterocycles. The fourth-order valence-electron chi connectivity index (χ4n) is 1.61. The smallest absolute Gasteiger partial charge is 0.0709 e. The minimum absolute atomic E-state index is 1.00. The van der Waals surface area contributed by atoms with Gasteiger partial charge >= 0.3 is 0 Å². The highest BCUT2D eigenvalue weighted by atomic mass is 14.8. The van der Waals surface area contributed by atoms with Crippen LogP contribution in [-0.2, 0) is 0 Å². The summed E-state index contributed by atoms with van der Waals surface area (Å²) in [6.45, 7) is 4.19. The molecule has 0 spiro atoms. The highest BCUT2D eigenvalue weighted by molar-refractivity contribution is 5.95. The topological polar surface area (TPSA) is 25.2 Å². The molecule has 2 nitrogen and oxygen atoms in total. The van der Waals surface area contributed by atoms with Crippen LogP contribution in [0.15, 0.2) is 35.1 Å². The van der Waals surface area contributed by atoms with Gasteiger partial charge in [0.2, 0.25) is 0 Å². The van der Waals surface area contributed by atoms with E-state index in [0.717, 1.165) is 17.7 Å². The van der Waals surface area contributed by atoms with E-state index in [-0.39, 0.29) is 0 Å². The highest BCUT2D eigenvalue weighted by Crippen LogP contribution is 2.27. The van der Waals surface area contributed by atoms with Gasteiger partial charge in [-0.15, -0.1) is 0 Å². The van der Waals surface area contributed by atoms with Gasteiger partial charge in [0.1, 0.15) is 0 Å². The maximum atomic E-state index is 4.50. The first-order valence-electron chi connectivity index (χ1n) is 4.41. The molecule has 0 fully saturated rings. The van der Waals surface area contributed by atoms with Crippen LogP contribution in [0.2, 0.25) is 0 Å². The summed E-state index contributed by atoms with van der Waals surface area (Å²) in [6.07, 6.45) is 4.65. The Labute approximate surface area is 78.0 Å². The van der Waals surface area contributed by atoms with Crippen LogP contribution in [0.25, 0.3) is 5.70 Å². The second kappa shape index (κ2) is 3.13. The summed E-state index contributed by atoms with van der Waals surface area (Å²) in [5.41, 5.74) is 4.75. The second-order valence-electron chi connectivity index (χ2n) is 3.39. The van der Waals surface area contributed by atoms with Crippen LogP contribution in [0.4, 0.5) is 0 Å². The van der Waals surface area contributed by atoms with Crippen molar-refractivity contribution in [3.8, 4) is 0 Å². The van der Waals surface area contributed by atoms with Crippen molar-refractivity contribution in [3.63, 3.8) is 0 Å². The van der Waals surface area contributed by atoms with Gasteiger partial charge in [0.15, 0.2) is 0 Å². The number of nitrogens with zero attached hydrogens (tertiary/aromatic N) is 2. The quantitative estimate of drug-likeness (QED) is 0.639. The van der Waals surface area contributed by atoms with Crippen LogP contribution in [0.3, 0.4) is 0 Å². The zero-order valence-electron chi connectivity index (χ0n) is 7.91. The molecule has 2 heterocycles. The number of hydrogen-bond donors (Lipinski definition) is 0. The van der Waals surface area contributed by atoms with Crippen molar-refractivity contribution < 1.29 is 0 Å². The maximum Gasteiger partial charge on any atom is 0.0709 e. The third-order valence-corrected chi connectivity index (χ3v) is 2.16. The Morgan fingerprint density at radius 3 is 2.69 bits per heavy atom. The largest absolute Gasteiger partial charge is 0.264 e. The van der Waals surface area contributed by atoms with Crippen LogP contribution in [0, 0.1) is 0 Å². The number of hydrogen-bond acceptors (Lipinski definition) is 2. The Morgan fingerprint density at radius 2 is 2.15 bits per heavy atom. The van der Waals surface area contributed by atoms with Crippen molar-refractivity contribution in [3.05, 3.63) is 35.7 Å². The standard InChI is InChI=1S/C11H12N2/c1-8-6-9(2)13-11(8)10-4-3-5-12-7-10/h3-5,7H,6H2,1-2H3.